The number of anilines is 1. The van der Waals surface area contributed by atoms with Gasteiger partial charge in [-0.15, -0.1) is 0 Å². The summed E-state index contributed by atoms with van der Waals surface area (Å²) in [6, 6.07) is 21.0. The SMILES string of the molecule is CCc1ccc2c(c1)-c1ccccc1S(=O)(=O)N2CC(=O)NCCSCc1ccccc1C. The molecule has 0 radical (unpaired) electrons. The lowest BCUT2D eigenvalue weighted by molar-refractivity contribution is -0.119. The first-order chi connectivity index (χ1) is 15.9. The van der Waals surface area contributed by atoms with Crippen molar-refractivity contribution in [3.05, 3.63) is 83.4 Å². The van der Waals surface area contributed by atoms with Crippen LogP contribution in [0.25, 0.3) is 11.1 Å². The highest BCUT2D eigenvalue weighted by atomic mass is 32.2. The van der Waals surface area contributed by atoms with Crippen molar-refractivity contribution in [3.63, 3.8) is 0 Å². The van der Waals surface area contributed by atoms with Crippen molar-refractivity contribution >= 4 is 33.4 Å². The lowest BCUT2D eigenvalue weighted by Crippen LogP contribution is -2.43. The minimum atomic E-state index is -3.82. The van der Waals surface area contributed by atoms with Crippen LogP contribution in [0.2, 0.25) is 0 Å². The molecule has 1 heterocycles. The van der Waals surface area contributed by atoms with E-state index in [0.717, 1.165) is 29.1 Å². The molecule has 0 aliphatic carbocycles. The molecule has 1 amide bonds. The minimum Gasteiger partial charge on any atom is -0.354 e. The molecule has 0 atom stereocenters. The Hall–Kier alpha value is -2.77. The average Bonchev–Trinajstić information content (AvgIpc) is 2.82. The summed E-state index contributed by atoms with van der Waals surface area (Å²) in [6.45, 7) is 4.41. The van der Waals surface area contributed by atoms with Crippen LogP contribution in [0.1, 0.15) is 23.6 Å². The van der Waals surface area contributed by atoms with Gasteiger partial charge in [-0.25, -0.2) is 8.42 Å². The third-order valence-corrected chi connectivity index (χ3v) is 8.68. The zero-order chi connectivity index (χ0) is 23.4. The highest BCUT2D eigenvalue weighted by molar-refractivity contribution is 7.98. The number of benzene rings is 3. The molecular weight excluding hydrogens is 452 g/mol. The third kappa shape index (κ3) is 4.94. The molecule has 0 fully saturated rings. The van der Waals surface area contributed by atoms with Crippen molar-refractivity contribution in [3.8, 4) is 11.1 Å². The average molecular weight is 481 g/mol. The van der Waals surface area contributed by atoms with Crippen LogP contribution in [-0.2, 0) is 27.0 Å². The van der Waals surface area contributed by atoms with Gasteiger partial charge >= 0.3 is 0 Å². The number of sulfonamides is 1. The van der Waals surface area contributed by atoms with Crippen molar-refractivity contribution in [2.45, 2.75) is 30.9 Å². The Morgan fingerprint density at radius 2 is 1.76 bits per heavy atom. The van der Waals surface area contributed by atoms with E-state index < -0.39 is 10.0 Å². The van der Waals surface area contributed by atoms with E-state index in [4.69, 9.17) is 0 Å². The van der Waals surface area contributed by atoms with Crippen LogP contribution in [0.5, 0.6) is 0 Å². The van der Waals surface area contributed by atoms with Crippen molar-refractivity contribution in [1.29, 1.82) is 0 Å². The number of nitrogens with one attached hydrogen (secondary N) is 1. The summed E-state index contributed by atoms with van der Waals surface area (Å²) in [7, 11) is -3.82. The minimum absolute atomic E-state index is 0.238. The van der Waals surface area contributed by atoms with Crippen LogP contribution >= 0.6 is 11.8 Å². The summed E-state index contributed by atoms with van der Waals surface area (Å²) in [6.07, 6.45) is 0.850. The largest absolute Gasteiger partial charge is 0.354 e. The molecule has 4 rings (SSSR count). The lowest BCUT2D eigenvalue weighted by Gasteiger charge is -2.32. The molecule has 0 unspecified atom stereocenters. The number of hydrogen-bond donors (Lipinski definition) is 1. The standard InChI is InChI=1S/C26H28N2O3S2/c1-3-20-12-13-24-23(16-20)22-10-6-7-11-25(22)33(30,31)28(24)17-26(29)27-14-15-32-18-21-9-5-4-8-19(21)2/h4-13,16H,3,14-15,17-18H2,1-2H3,(H,27,29). The van der Waals surface area contributed by atoms with Gasteiger partial charge in [-0.1, -0.05) is 55.5 Å². The first-order valence-electron chi connectivity index (χ1n) is 11.1. The van der Waals surface area contributed by atoms with E-state index in [0.29, 0.717) is 17.8 Å². The van der Waals surface area contributed by atoms with Gasteiger partial charge in [0.2, 0.25) is 5.91 Å². The predicted octanol–water partition coefficient (Wildman–Crippen LogP) is 4.78. The summed E-state index contributed by atoms with van der Waals surface area (Å²) in [5, 5.41) is 2.88. The number of fused-ring (bicyclic) bond motifs is 3. The number of amides is 1. The molecule has 1 N–H and O–H groups in total. The van der Waals surface area contributed by atoms with Crippen LogP contribution in [0.4, 0.5) is 5.69 Å². The summed E-state index contributed by atoms with van der Waals surface area (Å²) >= 11 is 1.75. The van der Waals surface area contributed by atoms with E-state index in [9.17, 15) is 13.2 Å². The van der Waals surface area contributed by atoms with Gasteiger partial charge in [0.05, 0.1) is 10.6 Å². The number of aryl methyl sites for hydroxylation is 2. The first-order valence-corrected chi connectivity index (χ1v) is 13.7. The fourth-order valence-electron chi connectivity index (χ4n) is 3.97. The van der Waals surface area contributed by atoms with E-state index in [1.165, 1.54) is 15.4 Å². The van der Waals surface area contributed by atoms with Crippen molar-refractivity contribution < 1.29 is 13.2 Å². The van der Waals surface area contributed by atoms with Crippen molar-refractivity contribution in [2.75, 3.05) is 23.1 Å². The molecule has 1 aliphatic rings. The summed E-state index contributed by atoms with van der Waals surface area (Å²) < 4.78 is 28.0. The summed E-state index contributed by atoms with van der Waals surface area (Å²) in [4.78, 5) is 12.9. The van der Waals surface area contributed by atoms with E-state index in [2.05, 4.69) is 31.3 Å². The fourth-order valence-corrected chi connectivity index (χ4v) is 6.56. The number of rotatable bonds is 8. The fraction of sp³-hybridized carbons (Fsp3) is 0.269. The van der Waals surface area contributed by atoms with E-state index >= 15 is 0 Å². The molecule has 0 saturated carbocycles. The molecule has 172 valence electrons. The van der Waals surface area contributed by atoms with Crippen molar-refractivity contribution in [2.24, 2.45) is 0 Å². The zero-order valence-electron chi connectivity index (χ0n) is 18.9. The normalized spacial score (nSPS) is 13.8. The van der Waals surface area contributed by atoms with Gasteiger partial charge in [0.15, 0.2) is 0 Å². The Morgan fingerprint density at radius 3 is 2.55 bits per heavy atom. The molecule has 0 spiro atoms. The van der Waals surface area contributed by atoms with Gasteiger partial charge in [0.1, 0.15) is 6.54 Å². The van der Waals surface area contributed by atoms with Gasteiger partial charge in [-0.2, -0.15) is 11.8 Å². The second kappa shape index (κ2) is 10.0. The van der Waals surface area contributed by atoms with Crippen LogP contribution in [0.3, 0.4) is 0 Å². The summed E-state index contributed by atoms with van der Waals surface area (Å²) in [5.74, 6) is 1.33. The maximum atomic E-state index is 13.4. The molecule has 1 aliphatic heterocycles. The van der Waals surface area contributed by atoms with E-state index in [-0.39, 0.29) is 17.3 Å². The molecule has 0 aromatic heterocycles. The van der Waals surface area contributed by atoms with Gasteiger partial charge in [0.25, 0.3) is 10.0 Å². The number of thioether (sulfide) groups is 1. The topological polar surface area (TPSA) is 66.5 Å². The quantitative estimate of drug-likeness (QED) is 0.471. The van der Waals surface area contributed by atoms with Crippen LogP contribution < -0.4 is 9.62 Å². The van der Waals surface area contributed by atoms with Gasteiger partial charge in [-0.3, -0.25) is 9.10 Å². The predicted molar refractivity (Wildman–Crippen MR) is 136 cm³/mol. The van der Waals surface area contributed by atoms with Gasteiger partial charge in [-0.05, 0) is 48.2 Å². The second-order valence-electron chi connectivity index (χ2n) is 8.04. The van der Waals surface area contributed by atoms with Gasteiger partial charge < -0.3 is 5.32 Å². The lowest BCUT2D eigenvalue weighted by atomic mass is 9.99. The number of carbonyl (C=O) groups excluding carboxylic acids is 1. The molecule has 5 nitrogen and oxygen atoms in total. The highest BCUT2D eigenvalue weighted by Crippen LogP contribution is 2.43. The Labute approximate surface area is 200 Å². The molecule has 33 heavy (non-hydrogen) atoms. The molecule has 7 heteroatoms. The van der Waals surface area contributed by atoms with Crippen molar-refractivity contribution in [1.82, 2.24) is 5.32 Å². The number of nitrogens with zero attached hydrogens (tertiary/aromatic N) is 1. The van der Waals surface area contributed by atoms with Crippen LogP contribution in [-0.4, -0.2) is 33.2 Å². The maximum absolute atomic E-state index is 13.4. The van der Waals surface area contributed by atoms with E-state index in [1.807, 2.05) is 42.5 Å². The Bertz CT molecular complexity index is 1270. The smallest absolute Gasteiger partial charge is 0.265 e. The Balaban J connectivity index is 1.44. The number of hydrogen-bond acceptors (Lipinski definition) is 4. The van der Waals surface area contributed by atoms with Crippen LogP contribution in [0.15, 0.2) is 71.6 Å². The molecule has 0 saturated heterocycles. The molecule has 3 aromatic rings. The summed E-state index contributed by atoms with van der Waals surface area (Å²) in [5.41, 5.74) is 5.76. The third-order valence-electron chi connectivity index (χ3n) is 5.86. The maximum Gasteiger partial charge on any atom is 0.265 e. The van der Waals surface area contributed by atoms with E-state index in [1.54, 1.807) is 23.9 Å². The number of carbonyl (C=O) groups is 1. The Kier molecular flexibility index (Phi) is 7.10. The second-order valence-corrected chi connectivity index (χ2v) is 11.0. The highest BCUT2D eigenvalue weighted by Gasteiger charge is 2.35. The first kappa shape index (κ1) is 23.4. The monoisotopic (exact) mass is 480 g/mol. The van der Waals surface area contributed by atoms with Crippen LogP contribution in [0, 0.1) is 6.92 Å². The molecule has 0 bridgehead atoms. The van der Waals surface area contributed by atoms with Gasteiger partial charge in [0, 0.05) is 29.2 Å². The Morgan fingerprint density at radius 1 is 1.00 bits per heavy atom. The molecule has 3 aromatic carbocycles. The molecular formula is C26H28N2O3S2. The zero-order valence-corrected chi connectivity index (χ0v) is 20.5.